The molecule has 162 valence electrons. The largest absolute Gasteiger partial charge is 0.270 e. The topological polar surface area (TPSA) is 118 Å². The minimum atomic E-state index is -3.99. The second kappa shape index (κ2) is 8.06. The van der Waals surface area contributed by atoms with Crippen LogP contribution < -0.4 is 0 Å². The summed E-state index contributed by atoms with van der Waals surface area (Å²) in [6.45, 7) is 5.23. The zero-order valence-corrected chi connectivity index (χ0v) is 18.5. The second-order valence-corrected chi connectivity index (χ2v) is 11.1. The molecule has 0 saturated carbocycles. The number of benzene rings is 2. The summed E-state index contributed by atoms with van der Waals surface area (Å²) in [6, 6.07) is 8.60. The third-order valence-corrected chi connectivity index (χ3v) is 9.25. The minimum absolute atomic E-state index is 0.00244. The maximum absolute atomic E-state index is 13.0. The van der Waals surface area contributed by atoms with Gasteiger partial charge < -0.3 is 0 Å². The summed E-state index contributed by atoms with van der Waals surface area (Å²) in [5.74, 6) is 0. The first kappa shape index (κ1) is 22.3. The molecular weight excluding hydrogens is 430 g/mol. The standard InChI is InChI=1S/C19H23N3O6S2/c1-14-5-7-18(12-16(14)3)29(25,26)20-8-10-21(11-9-20)30(27,28)19-13-17(22(23)24)6-4-15(19)2/h4-7,12-13H,8-11H2,1-3H3. The summed E-state index contributed by atoms with van der Waals surface area (Å²) in [5.41, 5.74) is 1.93. The van der Waals surface area contributed by atoms with Crippen LogP contribution in [0.2, 0.25) is 0 Å². The van der Waals surface area contributed by atoms with Crippen molar-refractivity contribution in [1.29, 1.82) is 0 Å². The molecule has 2 aromatic rings. The third kappa shape index (κ3) is 4.10. The van der Waals surface area contributed by atoms with Gasteiger partial charge in [0.1, 0.15) is 0 Å². The molecule has 0 aromatic heterocycles. The number of non-ortho nitro benzene ring substituents is 1. The first-order chi connectivity index (χ1) is 13.9. The monoisotopic (exact) mass is 453 g/mol. The van der Waals surface area contributed by atoms with E-state index in [0.29, 0.717) is 5.56 Å². The first-order valence-corrected chi connectivity index (χ1v) is 12.1. The average molecular weight is 454 g/mol. The lowest BCUT2D eigenvalue weighted by Gasteiger charge is -2.33. The van der Waals surface area contributed by atoms with Gasteiger partial charge in [-0.3, -0.25) is 10.1 Å². The van der Waals surface area contributed by atoms with Crippen LogP contribution >= 0.6 is 0 Å². The van der Waals surface area contributed by atoms with Crippen molar-refractivity contribution in [2.45, 2.75) is 30.6 Å². The van der Waals surface area contributed by atoms with E-state index in [1.807, 2.05) is 13.8 Å². The Bertz CT molecular complexity index is 1200. The highest BCUT2D eigenvalue weighted by Crippen LogP contribution is 2.27. The fourth-order valence-corrected chi connectivity index (χ4v) is 6.47. The minimum Gasteiger partial charge on any atom is -0.258 e. The molecule has 1 aliphatic rings. The fraction of sp³-hybridized carbons (Fsp3) is 0.368. The van der Waals surface area contributed by atoms with Crippen LogP contribution in [-0.2, 0) is 20.0 Å². The van der Waals surface area contributed by atoms with Gasteiger partial charge in [0.2, 0.25) is 20.0 Å². The van der Waals surface area contributed by atoms with Crippen molar-refractivity contribution in [3.05, 3.63) is 63.2 Å². The zero-order valence-electron chi connectivity index (χ0n) is 16.9. The molecule has 0 amide bonds. The highest BCUT2D eigenvalue weighted by Gasteiger charge is 2.35. The first-order valence-electron chi connectivity index (χ1n) is 9.27. The van der Waals surface area contributed by atoms with E-state index in [2.05, 4.69) is 0 Å². The van der Waals surface area contributed by atoms with Gasteiger partial charge in [-0.15, -0.1) is 0 Å². The molecular formula is C19H23N3O6S2. The summed E-state index contributed by atoms with van der Waals surface area (Å²) < 4.78 is 54.4. The van der Waals surface area contributed by atoms with Crippen LogP contribution in [0, 0.1) is 30.9 Å². The Morgan fingerprint density at radius 3 is 1.83 bits per heavy atom. The molecule has 1 aliphatic heterocycles. The maximum atomic E-state index is 13.0. The molecule has 0 spiro atoms. The van der Waals surface area contributed by atoms with E-state index in [4.69, 9.17) is 0 Å². The van der Waals surface area contributed by atoms with Crippen molar-refractivity contribution in [3.8, 4) is 0 Å². The van der Waals surface area contributed by atoms with Crippen molar-refractivity contribution in [1.82, 2.24) is 8.61 Å². The lowest BCUT2D eigenvalue weighted by Crippen LogP contribution is -2.50. The molecule has 0 bridgehead atoms. The number of hydrogen-bond acceptors (Lipinski definition) is 6. The Labute approximate surface area is 176 Å². The summed E-state index contributed by atoms with van der Waals surface area (Å²) in [5, 5.41) is 11.0. The van der Waals surface area contributed by atoms with Gasteiger partial charge in [0.15, 0.2) is 0 Å². The molecule has 0 radical (unpaired) electrons. The van der Waals surface area contributed by atoms with E-state index >= 15 is 0 Å². The zero-order chi connectivity index (χ0) is 22.3. The van der Waals surface area contributed by atoms with Crippen molar-refractivity contribution >= 4 is 25.7 Å². The van der Waals surface area contributed by atoms with Gasteiger partial charge in [-0.2, -0.15) is 8.61 Å². The molecule has 1 fully saturated rings. The van der Waals surface area contributed by atoms with Crippen molar-refractivity contribution < 1.29 is 21.8 Å². The Morgan fingerprint density at radius 2 is 1.30 bits per heavy atom. The van der Waals surface area contributed by atoms with E-state index in [9.17, 15) is 26.9 Å². The van der Waals surface area contributed by atoms with Gasteiger partial charge in [-0.25, -0.2) is 16.8 Å². The van der Waals surface area contributed by atoms with Crippen LogP contribution in [0.3, 0.4) is 0 Å². The van der Waals surface area contributed by atoms with Gasteiger partial charge >= 0.3 is 0 Å². The van der Waals surface area contributed by atoms with E-state index in [0.717, 1.165) is 17.2 Å². The Kier molecular flexibility index (Phi) is 6.01. The summed E-state index contributed by atoms with van der Waals surface area (Å²) in [7, 11) is -7.73. The van der Waals surface area contributed by atoms with E-state index in [1.165, 1.54) is 20.7 Å². The molecule has 2 aromatic carbocycles. The molecule has 0 unspecified atom stereocenters. The smallest absolute Gasteiger partial charge is 0.258 e. The Hall–Kier alpha value is -2.34. The van der Waals surface area contributed by atoms with Crippen molar-refractivity contribution in [3.63, 3.8) is 0 Å². The molecule has 11 heteroatoms. The van der Waals surface area contributed by atoms with Crippen LogP contribution in [0.1, 0.15) is 16.7 Å². The third-order valence-electron chi connectivity index (χ3n) is 5.31. The van der Waals surface area contributed by atoms with E-state index in [-0.39, 0.29) is 41.7 Å². The van der Waals surface area contributed by atoms with Crippen LogP contribution in [0.25, 0.3) is 0 Å². The van der Waals surface area contributed by atoms with Gasteiger partial charge in [-0.1, -0.05) is 12.1 Å². The molecule has 0 aliphatic carbocycles. The molecule has 0 atom stereocenters. The molecule has 0 N–H and O–H groups in total. The van der Waals surface area contributed by atoms with Crippen LogP contribution in [-0.4, -0.2) is 56.5 Å². The highest BCUT2D eigenvalue weighted by molar-refractivity contribution is 7.89. The number of hydrogen-bond donors (Lipinski definition) is 0. The number of aryl methyl sites for hydroxylation is 3. The van der Waals surface area contributed by atoms with Gasteiger partial charge in [0.25, 0.3) is 5.69 Å². The average Bonchev–Trinajstić information content (AvgIpc) is 2.70. The fourth-order valence-electron chi connectivity index (χ4n) is 3.29. The Morgan fingerprint density at radius 1 is 0.767 bits per heavy atom. The predicted octanol–water partition coefficient (Wildman–Crippen LogP) is 2.22. The molecule has 9 nitrogen and oxygen atoms in total. The summed E-state index contributed by atoms with van der Waals surface area (Å²) in [6.07, 6.45) is 0. The van der Waals surface area contributed by atoms with Crippen LogP contribution in [0.4, 0.5) is 5.69 Å². The normalized spacial score (nSPS) is 16.5. The number of rotatable bonds is 5. The van der Waals surface area contributed by atoms with Crippen molar-refractivity contribution in [2.75, 3.05) is 26.2 Å². The van der Waals surface area contributed by atoms with Gasteiger partial charge in [-0.05, 0) is 49.6 Å². The lowest BCUT2D eigenvalue weighted by atomic mass is 10.1. The SMILES string of the molecule is Cc1ccc(S(=O)(=O)N2CCN(S(=O)(=O)c3cc([N+](=O)[O-])ccc3C)CC2)cc1C. The van der Waals surface area contributed by atoms with Gasteiger partial charge in [0.05, 0.1) is 14.7 Å². The molecule has 1 saturated heterocycles. The molecule has 30 heavy (non-hydrogen) atoms. The maximum Gasteiger partial charge on any atom is 0.270 e. The number of nitro groups is 1. The summed E-state index contributed by atoms with van der Waals surface area (Å²) in [4.78, 5) is 10.4. The second-order valence-electron chi connectivity index (χ2n) is 7.26. The van der Waals surface area contributed by atoms with Crippen molar-refractivity contribution in [2.24, 2.45) is 0 Å². The highest BCUT2D eigenvalue weighted by atomic mass is 32.2. The van der Waals surface area contributed by atoms with E-state index in [1.54, 1.807) is 25.1 Å². The summed E-state index contributed by atoms with van der Waals surface area (Å²) >= 11 is 0. The van der Waals surface area contributed by atoms with E-state index < -0.39 is 25.0 Å². The van der Waals surface area contributed by atoms with Crippen LogP contribution in [0.15, 0.2) is 46.2 Å². The van der Waals surface area contributed by atoms with Crippen LogP contribution in [0.5, 0.6) is 0 Å². The molecule has 3 rings (SSSR count). The van der Waals surface area contributed by atoms with Gasteiger partial charge in [0, 0.05) is 38.3 Å². The number of sulfonamides is 2. The number of piperazine rings is 1. The lowest BCUT2D eigenvalue weighted by molar-refractivity contribution is -0.385. The Balaban J connectivity index is 1.82. The predicted molar refractivity (Wildman–Crippen MR) is 111 cm³/mol. The number of nitro benzene ring substituents is 1. The molecule has 1 heterocycles. The quantitative estimate of drug-likeness (QED) is 0.506. The number of nitrogens with zero attached hydrogens (tertiary/aromatic N) is 3.